The number of hydrogen-bond donors (Lipinski definition) is 1. The van der Waals surface area contributed by atoms with Crippen molar-refractivity contribution in [3.05, 3.63) is 54.1 Å². The molecule has 33 heavy (non-hydrogen) atoms. The van der Waals surface area contributed by atoms with Crippen molar-refractivity contribution in [3.8, 4) is 16.9 Å². The number of aryl methyl sites for hydroxylation is 2. The summed E-state index contributed by atoms with van der Waals surface area (Å²) in [4.78, 5) is 4.58. The third-order valence-electron chi connectivity index (χ3n) is 6.68. The fraction of sp³-hybridized carbons (Fsp3) is 0.480. The monoisotopic (exact) mass is 452 g/mol. The number of aromatic nitrogens is 5. The van der Waals surface area contributed by atoms with Crippen LogP contribution in [0.5, 0.6) is 0 Å². The van der Waals surface area contributed by atoms with E-state index < -0.39 is 12.3 Å². The van der Waals surface area contributed by atoms with Gasteiger partial charge in [0.25, 0.3) is 0 Å². The molecule has 0 saturated heterocycles. The molecule has 0 aromatic carbocycles. The molecule has 3 heterocycles. The molecule has 1 aliphatic rings. The Balaban J connectivity index is 1.74. The van der Waals surface area contributed by atoms with Crippen LogP contribution in [0.25, 0.3) is 16.9 Å². The zero-order valence-electron chi connectivity index (χ0n) is 19.9. The highest BCUT2D eigenvalue weighted by Crippen LogP contribution is 2.41. The van der Waals surface area contributed by atoms with Crippen LogP contribution in [-0.4, -0.2) is 43.9 Å². The van der Waals surface area contributed by atoms with Crippen LogP contribution in [-0.2, 0) is 4.74 Å². The van der Waals surface area contributed by atoms with Gasteiger partial charge in [-0.15, -0.1) is 0 Å². The Morgan fingerprint density at radius 2 is 2.06 bits per heavy atom. The minimum Gasteiger partial charge on any atom is -0.383 e. The van der Waals surface area contributed by atoms with Crippen molar-refractivity contribution in [1.29, 1.82) is 0 Å². The molecule has 3 aromatic rings. The molecule has 0 spiro atoms. The van der Waals surface area contributed by atoms with E-state index in [1.54, 1.807) is 18.0 Å². The highest BCUT2D eigenvalue weighted by molar-refractivity contribution is 5.78. The van der Waals surface area contributed by atoms with Crippen LogP contribution < -0.4 is 5.73 Å². The summed E-state index contributed by atoms with van der Waals surface area (Å²) in [6.45, 7) is 8.04. The van der Waals surface area contributed by atoms with Crippen molar-refractivity contribution in [2.75, 3.05) is 12.8 Å². The van der Waals surface area contributed by atoms with Gasteiger partial charge in [0.1, 0.15) is 12.0 Å². The van der Waals surface area contributed by atoms with Gasteiger partial charge in [-0.3, -0.25) is 0 Å². The zero-order chi connectivity index (χ0) is 23.7. The van der Waals surface area contributed by atoms with Crippen LogP contribution in [0.1, 0.15) is 44.0 Å². The van der Waals surface area contributed by atoms with E-state index in [0.717, 1.165) is 41.0 Å². The number of anilines is 1. The van der Waals surface area contributed by atoms with E-state index in [4.69, 9.17) is 15.6 Å². The van der Waals surface area contributed by atoms with Crippen molar-refractivity contribution in [1.82, 2.24) is 24.5 Å². The van der Waals surface area contributed by atoms with Gasteiger partial charge in [-0.1, -0.05) is 32.4 Å². The number of nitrogens with zero attached hydrogens (tertiary/aromatic N) is 5. The van der Waals surface area contributed by atoms with E-state index in [9.17, 15) is 0 Å². The largest absolute Gasteiger partial charge is 0.383 e. The fourth-order valence-corrected chi connectivity index (χ4v) is 4.97. The molecule has 5 atom stereocenters. The number of nitrogens with two attached hydrogens (primary N) is 1. The summed E-state index contributed by atoms with van der Waals surface area (Å²) in [5, 5.41) is 9.05. The smallest absolute Gasteiger partial charge is 0.153 e. The molecule has 0 fully saturated rings. The third-order valence-corrected chi connectivity index (χ3v) is 6.68. The number of pyridine rings is 1. The van der Waals surface area contributed by atoms with Gasteiger partial charge in [0.2, 0.25) is 0 Å². The number of halogens is 1. The second-order valence-corrected chi connectivity index (χ2v) is 8.92. The number of alkyl halides is 1. The molecule has 0 aliphatic heterocycles. The quantitative estimate of drug-likeness (QED) is 0.518. The Hall–Kier alpha value is -3.00. The van der Waals surface area contributed by atoms with E-state index in [0.29, 0.717) is 5.82 Å². The van der Waals surface area contributed by atoms with Crippen LogP contribution in [0.4, 0.5) is 10.2 Å². The fourth-order valence-electron chi connectivity index (χ4n) is 4.97. The topological polar surface area (TPSA) is 83.8 Å². The second-order valence-electron chi connectivity index (χ2n) is 8.92. The maximum Gasteiger partial charge on any atom is 0.153 e. The molecular weight excluding hydrogens is 419 g/mol. The lowest BCUT2D eigenvalue weighted by atomic mass is 9.80. The average Bonchev–Trinajstić information content (AvgIpc) is 3.42. The summed E-state index contributed by atoms with van der Waals surface area (Å²) >= 11 is 0. The summed E-state index contributed by atoms with van der Waals surface area (Å²) in [6.07, 6.45) is 9.47. The Labute approximate surface area is 194 Å². The molecule has 4 rings (SSSR count). The molecule has 5 unspecified atom stereocenters. The summed E-state index contributed by atoms with van der Waals surface area (Å²) in [5.41, 5.74) is 10.3. The van der Waals surface area contributed by atoms with Gasteiger partial charge >= 0.3 is 0 Å². The van der Waals surface area contributed by atoms with Crippen molar-refractivity contribution in [3.63, 3.8) is 0 Å². The first-order chi connectivity index (χ1) is 15.9. The number of methoxy groups -OCH3 is 1. The Bertz CT molecular complexity index is 1120. The molecule has 176 valence electrons. The minimum atomic E-state index is -1.13. The second kappa shape index (κ2) is 9.47. The number of ether oxygens (including phenoxy) is 1. The number of nitrogen functional groups attached to an aromatic ring is 1. The molecule has 2 N–H and O–H groups in total. The summed E-state index contributed by atoms with van der Waals surface area (Å²) < 4.78 is 24.6. The Morgan fingerprint density at radius 1 is 1.27 bits per heavy atom. The molecular formula is C25H33FN6O. The molecule has 3 aromatic heterocycles. The average molecular weight is 453 g/mol. The predicted molar refractivity (Wildman–Crippen MR) is 128 cm³/mol. The zero-order valence-corrected chi connectivity index (χ0v) is 19.9. The highest BCUT2D eigenvalue weighted by Gasteiger charge is 2.40. The van der Waals surface area contributed by atoms with Gasteiger partial charge in [0, 0.05) is 48.7 Å². The normalized spacial score (nSPS) is 23.7. The van der Waals surface area contributed by atoms with Gasteiger partial charge in [0.15, 0.2) is 5.82 Å². The molecule has 7 nitrogen and oxygen atoms in total. The standard InChI is InChI=1S/C25H33FN6O/c1-6-8-20(18-10-9-15(2)24(33-5)23(18)26)32-25(27)22(17(4)30-32)19-14-28-21(13-16(19)3)31-12-7-11-29-31/h7,9-15,18,20,23-24H,6,8,27H2,1-5H3. The maximum atomic E-state index is 15.6. The maximum absolute atomic E-state index is 15.6. The summed E-state index contributed by atoms with van der Waals surface area (Å²) in [5.74, 6) is 0.941. The van der Waals surface area contributed by atoms with Gasteiger partial charge in [-0.2, -0.15) is 10.2 Å². The van der Waals surface area contributed by atoms with E-state index >= 15 is 4.39 Å². The van der Waals surface area contributed by atoms with E-state index in [1.165, 1.54) is 0 Å². The van der Waals surface area contributed by atoms with E-state index in [1.807, 2.05) is 62.1 Å². The first-order valence-electron chi connectivity index (χ1n) is 11.5. The number of allylic oxidation sites excluding steroid dienone is 1. The van der Waals surface area contributed by atoms with E-state index in [-0.39, 0.29) is 17.9 Å². The highest BCUT2D eigenvalue weighted by atomic mass is 19.1. The van der Waals surface area contributed by atoms with Crippen LogP contribution >= 0.6 is 0 Å². The van der Waals surface area contributed by atoms with Crippen molar-refractivity contribution in [2.24, 2.45) is 11.8 Å². The number of hydrogen-bond acceptors (Lipinski definition) is 5. The Morgan fingerprint density at radius 3 is 2.70 bits per heavy atom. The summed E-state index contributed by atoms with van der Waals surface area (Å²) in [7, 11) is 1.58. The van der Waals surface area contributed by atoms with Gasteiger partial charge in [-0.05, 0) is 38.0 Å². The molecule has 1 aliphatic carbocycles. The molecule has 8 heteroatoms. The lowest BCUT2D eigenvalue weighted by molar-refractivity contribution is -0.0250. The van der Waals surface area contributed by atoms with Gasteiger partial charge < -0.3 is 10.5 Å². The van der Waals surface area contributed by atoms with Crippen LogP contribution in [0, 0.1) is 25.7 Å². The van der Waals surface area contributed by atoms with Crippen LogP contribution in [0.15, 0.2) is 42.9 Å². The molecule has 0 bridgehead atoms. The SMILES string of the molecule is CCCC(C1C=CC(C)C(OC)C1F)n1nc(C)c(-c2cnc(-n3cccn3)cc2C)c1N. The van der Waals surface area contributed by atoms with Crippen LogP contribution in [0.2, 0.25) is 0 Å². The molecule has 0 saturated carbocycles. The van der Waals surface area contributed by atoms with Crippen molar-refractivity contribution in [2.45, 2.75) is 58.9 Å². The molecule has 0 radical (unpaired) electrons. The van der Waals surface area contributed by atoms with Crippen LogP contribution in [0.3, 0.4) is 0 Å². The van der Waals surface area contributed by atoms with Gasteiger partial charge in [0.05, 0.1) is 17.8 Å². The lowest BCUT2D eigenvalue weighted by Crippen LogP contribution is -2.42. The Kier molecular flexibility index (Phi) is 6.65. The van der Waals surface area contributed by atoms with Gasteiger partial charge in [-0.25, -0.2) is 18.7 Å². The first kappa shape index (κ1) is 23.2. The number of rotatable bonds is 7. The molecule has 0 amide bonds. The predicted octanol–water partition coefficient (Wildman–Crippen LogP) is 4.85. The first-order valence-corrected chi connectivity index (χ1v) is 11.5. The lowest BCUT2D eigenvalue weighted by Gasteiger charge is -2.37. The minimum absolute atomic E-state index is 0.0258. The summed E-state index contributed by atoms with van der Waals surface area (Å²) in [6, 6.07) is 3.64. The van der Waals surface area contributed by atoms with Crippen molar-refractivity contribution >= 4 is 5.82 Å². The third kappa shape index (κ3) is 4.19. The van der Waals surface area contributed by atoms with Crippen molar-refractivity contribution < 1.29 is 9.13 Å². The van der Waals surface area contributed by atoms with E-state index in [2.05, 4.69) is 17.0 Å².